The maximum absolute atomic E-state index is 5.76. The van der Waals surface area contributed by atoms with Crippen molar-refractivity contribution < 1.29 is 4.74 Å². The van der Waals surface area contributed by atoms with E-state index in [1.807, 2.05) is 38.1 Å². The molecule has 1 aromatic rings. The second kappa shape index (κ2) is 5.09. The molecule has 0 bridgehead atoms. The normalized spacial score (nSPS) is 10.8. The van der Waals surface area contributed by atoms with Crippen LogP contribution in [0.4, 0.5) is 0 Å². The second-order valence-electron chi connectivity index (χ2n) is 4.08. The topological polar surface area (TPSA) is 9.23 Å². The molecular formula is C13H15ClO. The van der Waals surface area contributed by atoms with Gasteiger partial charge in [0.15, 0.2) is 0 Å². The molecule has 0 atom stereocenters. The van der Waals surface area contributed by atoms with Gasteiger partial charge in [-0.3, -0.25) is 0 Å². The highest BCUT2D eigenvalue weighted by molar-refractivity contribution is 6.30. The van der Waals surface area contributed by atoms with Gasteiger partial charge >= 0.3 is 0 Å². The highest BCUT2D eigenvalue weighted by Gasteiger charge is 2.13. The van der Waals surface area contributed by atoms with E-state index in [2.05, 4.69) is 5.92 Å². The minimum Gasteiger partial charge on any atom is -0.494 e. The van der Waals surface area contributed by atoms with Crippen molar-refractivity contribution in [3.63, 3.8) is 0 Å². The monoisotopic (exact) mass is 222 g/mol. The Bertz CT molecular complexity index is 346. The van der Waals surface area contributed by atoms with Crippen molar-refractivity contribution in [1.82, 2.24) is 0 Å². The summed E-state index contributed by atoms with van der Waals surface area (Å²) in [6.07, 6.45) is 6.22. The summed E-state index contributed by atoms with van der Waals surface area (Å²) >= 11 is 5.76. The standard InChI is InChI=1S/C13H15ClO/c1-4-13(2,3)9-10-15-12-7-5-11(14)6-8-12/h1,5-8H,9-10H2,2-3H3. The first-order valence-electron chi connectivity index (χ1n) is 4.90. The van der Waals surface area contributed by atoms with Crippen LogP contribution in [-0.2, 0) is 0 Å². The van der Waals surface area contributed by atoms with Crippen molar-refractivity contribution in [2.24, 2.45) is 5.41 Å². The van der Waals surface area contributed by atoms with Crippen LogP contribution in [0, 0.1) is 17.8 Å². The van der Waals surface area contributed by atoms with E-state index in [0.717, 1.165) is 12.2 Å². The van der Waals surface area contributed by atoms with Gasteiger partial charge in [-0.25, -0.2) is 0 Å². The number of halogens is 1. The molecule has 2 heteroatoms. The summed E-state index contributed by atoms with van der Waals surface area (Å²) in [5.41, 5.74) is -0.105. The highest BCUT2D eigenvalue weighted by Crippen LogP contribution is 2.20. The van der Waals surface area contributed by atoms with Gasteiger partial charge in [-0.15, -0.1) is 12.3 Å². The first-order valence-corrected chi connectivity index (χ1v) is 5.27. The van der Waals surface area contributed by atoms with E-state index < -0.39 is 0 Å². The average Bonchev–Trinajstić information content (AvgIpc) is 2.21. The average molecular weight is 223 g/mol. The van der Waals surface area contributed by atoms with Gasteiger partial charge in [0.1, 0.15) is 5.75 Å². The van der Waals surface area contributed by atoms with Gasteiger partial charge in [0.2, 0.25) is 0 Å². The first kappa shape index (κ1) is 11.9. The molecule has 0 amide bonds. The van der Waals surface area contributed by atoms with Crippen molar-refractivity contribution in [2.75, 3.05) is 6.61 Å². The summed E-state index contributed by atoms with van der Waals surface area (Å²) < 4.78 is 5.54. The Morgan fingerprint density at radius 1 is 1.33 bits per heavy atom. The number of hydrogen-bond donors (Lipinski definition) is 0. The van der Waals surface area contributed by atoms with Crippen LogP contribution in [0.3, 0.4) is 0 Å². The Morgan fingerprint density at radius 2 is 1.93 bits per heavy atom. The summed E-state index contributed by atoms with van der Waals surface area (Å²) in [6.45, 7) is 4.68. The number of hydrogen-bond acceptors (Lipinski definition) is 1. The second-order valence-corrected chi connectivity index (χ2v) is 4.52. The Balaban J connectivity index is 2.39. The molecule has 0 N–H and O–H groups in total. The predicted molar refractivity (Wildman–Crippen MR) is 64.2 cm³/mol. The quantitative estimate of drug-likeness (QED) is 0.705. The Labute approximate surface area is 96.4 Å². The molecule has 0 fully saturated rings. The van der Waals surface area contributed by atoms with E-state index in [0.29, 0.717) is 11.6 Å². The first-order chi connectivity index (χ1) is 7.03. The molecule has 0 spiro atoms. The lowest BCUT2D eigenvalue weighted by Crippen LogP contribution is -2.13. The summed E-state index contributed by atoms with van der Waals surface area (Å²) in [5.74, 6) is 3.56. The van der Waals surface area contributed by atoms with Crippen LogP contribution in [0.1, 0.15) is 20.3 Å². The molecule has 0 heterocycles. The predicted octanol–water partition coefficient (Wildman–Crippen LogP) is 3.77. The lowest BCUT2D eigenvalue weighted by molar-refractivity contribution is 0.266. The zero-order valence-corrected chi connectivity index (χ0v) is 9.84. The van der Waals surface area contributed by atoms with Crippen molar-refractivity contribution >= 4 is 11.6 Å². The molecule has 15 heavy (non-hydrogen) atoms. The lowest BCUT2D eigenvalue weighted by Gasteiger charge is -2.17. The maximum atomic E-state index is 5.76. The van der Waals surface area contributed by atoms with Crippen LogP contribution in [0.25, 0.3) is 0 Å². The van der Waals surface area contributed by atoms with E-state index in [1.54, 1.807) is 0 Å². The number of terminal acetylenes is 1. The van der Waals surface area contributed by atoms with Crippen molar-refractivity contribution in [3.05, 3.63) is 29.3 Å². The fraction of sp³-hybridized carbons (Fsp3) is 0.385. The number of rotatable bonds is 4. The smallest absolute Gasteiger partial charge is 0.119 e. The van der Waals surface area contributed by atoms with E-state index in [1.165, 1.54) is 0 Å². The molecule has 0 unspecified atom stereocenters. The van der Waals surface area contributed by atoms with Crippen molar-refractivity contribution in [3.8, 4) is 18.1 Å². The summed E-state index contributed by atoms with van der Waals surface area (Å²) in [4.78, 5) is 0. The molecule has 1 rings (SSSR count). The Hall–Kier alpha value is -1.13. The zero-order valence-electron chi connectivity index (χ0n) is 9.09. The van der Waals surface area contributed by atoms with Gasteiger partial charge in [0.25, 0.3) is 0 Å². The van der Waals surface area contributed by atoms with E-state index in [9.17, 15) is 0 Å². The minimum atomic E-state index is -0.105. The molecule has 0 aliphatic carbocycles. The fourth-order valence-corrected chi connectivity index (χ4v) is 1.15. The van der Waals surface area contributed by atoms with Gasteiger partial charge in [-0.05, 0) is 44.5 Å². The van der Waals surface area contributed by atoms with Crippen LogP contribution in [0.15, 0.2) is 24.3 Å². The number of ether oxygens (including phenoxy) is 1. The van der Waals surface area contributed by atoms with Crippen molar-refractivity contribution in [1.29, 1.82) is 0 Å². The van der Waals surface area contributed by atoms with E-state index >= 15 is 0 Å². The fourth-order valence-electron chi connectivity index (χ4n) is 1.03. The SMILES string of the molecule is C#CC(C)(C)CCOc1ccc(Cl)cc1. The molecule has 0 radical (unpaired) electrons. The molecule has 1 aromatic carbocycles. The summed E-state index contributed by atoms with van der Waals surface area (Å²) in [7, 11) is 0. The van der Waals surface area contributed by atoms with Gasteiger partial charge in [0.05, 0.1) is 6.61 Å². The molecule has 0 saturated carbocycles. The third-order valence-electron chi connectivity index (χ3n) is 2.20. The highest BCUT2D eigenvalue weighted by atomic mass is 35.5. The van der Waals surface area contributed by atoms with Crippen LogP contribution in [0.2, 0.25) is 5.02 Å². The molecule has 0 saturated heterocycles. The van der Waals surface area contributed by atoms with Crippen LogP contribution < -0.4 is 4.74 Å². The zero-order chi connectivity index (χ0) is 11.3. The largest absolute Gasteiger partial charge is 0.494 e. The molecule has 0 aliphatic rings. The van der Waals surface area contributed by atoms with Crippen LogP contribution in [0.5, 0.6) is 5.75 Å². The van der Waals surface area contributed by atoms with E-state index in [4.69, 9.17) is 22.8 Å². The minimum absolute atomic E-state index is 0.105. The molecule has 1 nitrogen and oxygen atoms in total. The molecule has 0 aliphatic heterocycles. The van der Waals surface area contributed by atoms with Gasteiger partial charge in [0, 0.05) is 10.4 Å². The molecule has 0 aromatic heterocycles. The third-order valence-corrected chi connectivity index (χ3v) is 2.45. The Kier molecular flexibility index (Phi) is 4.05. The lowest BCUT2D eigenvalue weighted by atomic mass is 9.91. The van der Waals surface area contributed by atoms with Crippen LogP contribution in [-0.4, -0.2) is 6.61 Å². The van der Waals surface area contributed by atoms with Gasteiger partial charge < -0.3 is 4.74 Å². The van der Waals surface area contributed by atoms with Crippen LogP contribution >= 0.6 is 11.6 Å². The van der Waals surface area contributed by atoms with E-state index in [-0.39, 0.29) is 5.41 Å². The Morgan fingerprint density at radius 3 is 2.47 bits per heavy atom. The maximum Gasteiger partial charge on any atom is 0.119 e. The molecule has 80 valence electrons. The van der Waals surface area contributed by atoms with Gasteiger partial charge in [-0.1, -0.05) is 11.6 Å². The van der Waals surface area contributed by atoms with Gasteiger partial charge in [-0.2, -0.15) is 0 Å². The number of benzene rings is 1. The summed E-state index contributed by atoms with van der Waals surface area (Å²) in [6, 6.07) is 7.32. The third kappa shape index (κ3) is 4.27. The van der Waals surface area contributed by atoms with Crippen molar-refractivity contribution in [2.45, 2.75) is 20.3 Å². The molecular weight excluding hydrogens is 208 g/mol. The summed E-state index contributed by atoms with van der Waals surface area (Å²) in [5, 5.41) is 0.714.